The SMILES string of the molecule is COc1ccc(CCC(F)(F)C(=O)Nc2ccccc2)cc1. The zero-order valence-electron chi connectivity index (χ0n) is 12.2. The van der Waals surface area contributed by atoms with E-state index in [1.165, 1.54) is 7.11 Å². The number of methoxy groups -OCH3 is 1. The maximum Gasteiger partial charge on any atom is 0.325 e. The molecule has 0 fully saturated rings. The first-order chi connectivity index (χ1) is 10.5. The van der Waals surface area contributed by atoms with Crippen molar-refractivity contribution < 1.29 is 18.3 Å². The van der Waals surface area contributed by atoms with E-state index in [0.29, 0.717) is 11.4 Å². The van der Waals surface area contributed by atoms with Crippen LogP contribution in [-0.4, -0.2) is 18.9 Å². The zero-order chi connectivity index (χ0) is 16.0. The van der Waals surface area contributed by atoms with Crippen LogP contribution in [-0.2, 0) is 11.2 Å². The number of carbonyl (C=O) groups excluding carboxylic acids is 1. The highest BCUT2D eigenvalue weighted by atomic mass is 19.3. The normalized spacial score (nSPS) is 11.0. The summed E-state index contributed by atoms with van der Waals surface area (Å²) in [6, 6.07) is 15.1. The lowest BCUT2D eigenvalue weighted by Crippen LogP contribution is -2.35. The van der Waals surface area contributed by atoms with Gasteiger partial charge < -0.3 is 10.1 Å². The molecule has 0 aliphatic heterocycles. The molecule has 0 saturated heterocycles. The van der Waals surface area contributed by atoms with Crippen LogP contribution in [0, 0.1) is 0 Å². The molecule has 1 amide bonds. The van der Waals surface area contributed by atoms with E-state index in [0.717, 1.165) is 5.56 Å². The number of ether oxygens (including phenoxy) is 1. The van der Waals surface area contributed by atoms with Gasteiger partial charge in [0.1, 0.15) is 5.75 Å². The van der Waals surface area contributed by atoms with Gasteiger partial charge in [0.05, 0.1) is 7.11 Å². The average molecular weight is 305 g/mol. The van der Waals surface area contributed by atoms with Gasteiger partial charge in [-0.3, -0.25) is 4.79 Å². The van der Waals surface area contributed by atoms with Gasteiger partial charge in [0, 0.05) is 12.1 Å². The maximum atomic E-state index is 13.9. The van der Waals surface area contributed by atoms with Crippen molar-refractivity contribution in [3.8, 4) is 5.75 Å². The highest BCUT2D eigenvalue weighted by Crippen LogP contribution is 2.24. The Labute approximate surface area is 127 Å². The van der Waals surface area contributed by atoms with E-state index in [2.05, 4.69) is 5.32 Å². The number of anilines is 1. The molecule has 0 saturated carbocycles. The van der Waals surface area contributed by atoms with Gasteiger partial charge in [-0.25, -0.2) is 0 Å². The van der Waals surface area contributed by atoms with Crippen molar-refractivity contribution in [1.82, 2.24) is 0 Å². The van der Waals surface area contributed by atoms with E-state index in [1.807, 2.05) is 0 Å². The Balaban J connectivity index is 1.93. The third-order valence-electron chi connectivity index (χ3n) is 3.25. The first-order valence-corrected chi connectivity index (χ1v) is 6.88. The number of rotatable bonds is 6. The Morgan fingerprint density at radius 1 is 1.09 bits per heavy atom. The fourth-order valence-electron chi connectivity index (χ4n) is 1.95. The molecule has 5 heteroatoms. The summed E-state index contributed by atoms with van der Waals surface area (Å²) in [6.07, 6.45) is -0.433. The summed E-state index contributed by atoms with van der Waals surface area (Å²) in [6.45, 7) is 0. The van der Waals surface area contributed by atoms with Crippen LogP contribution in [0.1, 0.15) is 12.0 Å². The van der Waals surface area contributed by atoms with Crippen molar-refractivity contribution in [2.45, 2.75) is 18.8 Å². The molecule has 0 bridgehead atoms. The second-order valence-electron chi connectivity index (χ2n) is 4.87. The third kappa shape index (κ3) is 4.28. The van der Waals surface area contributed by atoms with Gasteiger partial charge >= 0.3 is 5.92 Å². The summed E-state index contributed by atoms with van der Waals surface area (Å²) < 4.78 is 32.8. The molecule has 3 nitrogen and oxygen atoms in total. The van der Waals surface area contributed by atoms with Gasteiger partial charge in [-0.05, 0) is 36.2 Å². The molecule has 116 valence electrons. The first kappa shape index (κ1) is 15.9. The molecule has 1 N–H and O–H groups in total. The predicted octanol–water partition coefficient (Wildman–Crippen LogP) is 3.90. The molecule has 0 aromatic heterocycles. The van der Waals surface area contributed by atoms with Crippen LogP contribution in [0.5, 0.6) is 5.75 Å². The largest absolute Gasteiger partial charge is 0.497 e. The van der Waals surface area contributed by atoms with Crippen molar-refractivity contribution in [2.75, 3.05) is 12.4 Å². The zero-order valence-corrected chi connectivity index (χ0v) is 12.2. The standard InChI is InChI=1S/C17H17F2NO2/c1-22-15-9-7-13(8-10-15)11-12-17(18,19)16(21)20-14-5-3-2-4-6-14/h2-10H,11-12H2,1H3,(H,20,21). The summed E-state index contributed by atoms with van der Waals surface area (Å²) in [5.74, 6) is -4.04. The average Bonchev–Trinajstić information content (AvgIpc) is 2.54. The van der Waals surface area contributed by atoms with Crippen LogP contribution >= 0.6 is 0 Å². The third-order valence-corrected chi connectivity index (χ3v) is 3.25. The number of benzene rings is 2. The number of hydrogen-bond acceptors (Lipinski definition) is 2. The van der Waals surface area contributed by atoms with Crippen LogP contribution < -0.4 is 10.1 Å². The fourth-order valence-corrected chi connectivity index (χ4v) is 1.95. The lowest BCUT2D eigenvalue weighted by molar-refractivity contribution is -0.140. The van der Waals surface area contributed by atoms with E-state index >= 15 is 0 Å². The molecular formula is C17H17F2NO2. The van der Waals surface area contributed by atoms with Crippen LogP contribution in [0.15, 0.2) is 54.6 Å². The van der Waals surface area contributed by atoms with Crippen LogP contribution in [0.4, 0.5) is 14.5 Å². The van der Waals surface area contributed by atoms with E-state index in [9.17, 15) is 13.6 Å². The molecule has 2 aromatic rings. The number of alkyl halides is 2. The Morgan fingerprint density at radius 2 is 1.73 bits per heavy atom. The predicted molar refractivity (Wildman–Crippen MR) is 81.3 cm³/mol. The molecule has 2 aromatic carbocycles. The second-order valence-corrected chi connectivity index (χ2v) is 4.87. The second kappa shape index (κ2) is 7.02. The van der Waals surface area contributed by atoms with Crippen molar-refractivity contribution in [3.05, 3.63) is 60.2 Å². The summed E-state index contributed by atoms with van der Waals surface area (Å²) >= 11 is 0. The van der Waals surface area contributed by atoms with Gasteiger partial charge in [0.15, 0.2) is 0 Å². The summed E-state index contributed by atoms with van der Waals surface area (Å²) in [5.41, 5.74) is 1.09. The van der Waals surface area contributed by atoms with Crippen molar-refractivity contribution in [3.63, 3.8) is 0 Å². The van der Waals surface area contributed by atoms with E-state index < -0.39 is 18.3 Å². The van der Waals surface area contributed by atoms with Crippen molar-refractivity contribution in [1.29, 1.82) is 0 Å². The van der Waals surface area contributed by atoms with Crippen molar-refractivity contribution in [2.24, 2.45) is 0 Å². The molecule has 0 radical (unpaired) electrons. The summed E-state index contributed by atoms with van der Waals surface area (Å²) in [7, 11) is 1.54. The van der Waals surface area contributed by atoms with E-state index in [-0.39, 0.29) is 6.42 Å². The number of nitrogens with one attached hydrogen (secondary N) is 1. The minimum absolute atomic E-state index is 0.110. The fraction of sp³-hybridized carbons (Fsp3) is 0.235. The van der Waals surface area contributed by atoms with Crippen molar-refractivity contribution >= 4 is 11.6 Å². The molecule has 0 atom stereocenters. The molecule has 0 heterocycles. The minimum atomic E-state index is -3.42. The van der Waals surface area contributed by atoms with E-state index in [4.69, 9.17) is 4.74 Å². The van der Waals surface area contributed by atoms with Gasteiger partial charge in [0.2, 0.25) is 0 Å². The lowest BCUT2D eigenvalue weighted by atomic mass is 10.1. The quantitative estimate of drug-likeness (QED) is 0.879. The first-order valence-electron chi connectivity index (χ1n) is 6.88. The lowest BCUT2D eigenvalue weighted by Gasteiger charge is -2.16. The summed E-state index contributed by atoms with van der Waals surface area (Å²) in [4.78, 5) is 11.7. The molecule has 0 aliphatic rings. The Morgan fingerprint density at radius 3 is 2.32 bits per heavy atom. The van der Waals surface area contributed by atoms with Crippen LogP contribution in [0.2, 0.25) is 0 Å². The maximum absolute atomic E-state index is 13.9. The van der Waals surface area contributed by atoms with Gasteiger partial charge in [-0.15, -0.1) is 0 Å². The smallest absolute Gasteiger partial charge is 0.325 e. The molecule has 22 heavy (non-hydrogen) atoms. The number of halogens is 2. The minimum Gasteiger partial charge on any atom is -0.497 e. The topological polar surface area (TPSA) is 38.3 Å². The monoisotopic (exact) mass is 305 g/mol. The number of hydrogen-bond donors (Lipinski definition) is 1. The molecule has 0 aliphatic carbocycles. The molecule has 0 spiro atoms. The Kier molecular flexibility index (Phi) is 5.09. The molecule has 2 rings (SSSR count). The number of carbonyl (C=O) groups is 1. The molecule has 0 unspecified atom stereocenters. The number of aryl methyl sites for hydroxylation is 1. The van der Waals surface area contributed by atoms with Gasteiger partial charge in [-0.1, -0.05) is 30.3 Å². The van der Waals surface area contributed by atoms with Crippen LogP contribution in [0.3, 0.4) is 0 Å². The van der Waals surface area contributed by atoms with Gasteiger partial charge in [0.25, 0.3) is 5.91 Å². The number of amides is 1. The van der Waals surface area contributed by atoms with Crippen LogP contribution in [0.25, 0.3) is 0 Å². The highest BCUT2D eigenvalue weighted by Gasteiger charge is 2.38. The van der Waals surface area contributed by atoms with Gasteiger partial charge in [-0.2, -0.15) is 8.78 Å². The summed E-state index contributed by atoms with van der Waals surface area (Å²) in [5, 5.41) is 2.23. The Bertz CT molecular complexity index is 612. The molecular weight excluding hydrogens is 288 g/mol. The Hall–Kier alpha value is -2.43. The highest BCUT2D eigenvalue weighted by molar-refractivity contribution is 5.95. The number of para-hydroxylation sites is 1. The van der Waals surface area contributed by atoms with E-state index in [1.54, 1.807) is 54.6 Å².